The number of rotatable bonds is 5. The van der Waals surface area contributed by atoms with Gasteiger partial charge in [-0.2, -0.15) is 0 Å². The van der Waals surface area contributed by atoms with Gasteiger partial charge in [-0.25, -0.2) is 0 Å². The molecule has 2 rings (SSSR count). The van der Waals surface area contributed by atoms with Crippen LogP contribution < -0.4 is 5.32 Å². The van der Waals surface area contributed by atoms with Gasteiger partial charge in [-0.1, -0.05) is 16.1 Å². The van der Waals surface area contributed by atoms with Gasteiger partial charge in [0.25, 0.3) is 0 Å². The van der Waals surface area contributed by atoms with E-state index in [-0.39, 0.29) is 0 Å². The van der Waals surface area contributed by atoms with Crippen LogP contribution in [0, 0.1) is 0 Å². The molecule has 0 radical (unpaired) electrons. The first-order valence-electron chi connectivity index (χ1n) is 4.65. The first-order valence-corrected chi connectivity index (χ1v) is 6.69. The van der Waals surface area contributed by atoms with Crippen LogP contribution >= 0.6 is 34.5 Å². The normalized spacial score (nSPS) is 12.9. The van der Waals surface area contributed by atoms with E-state index >= 15 is 0 Å². The number of hydrogen-bond donors (Lipinski definition) is 2. The van der Waals surface area contributed by atoms with Crippen molar-refractivity contribution >= 4 is 34.5 Å². The van der Waals surface area contributed by atoms with Crippen LogP contribution in [0.15, 0.2) is 17.5 Å². The maximum atomic E-state index is 9.82. The van der Waals surface area contributed by atoms with E-state index in [1.54, 1.807) is 6.07 Å². The van der Waals surface area contributed by atoms with Gasteiger partial charge in [-0.15, -0.1) is 16.4 Å². The highest BCUT2D eigenvalue weighted by Crippen LogP contribution is 2.26. The minimum Gasteiger partial charge on any atom is -0.386 e. The van der Waals surface area contributed by atoms with Gasteiger partial charge in [0.15, 0.2) is 0 Å². The van der Waals surface area contributed by atoms with E-state index in [0.717, 1.165) is 10.6 Å². The van der Waals surface area contributed by atoms with Crippen LogP contribution in [0.4, 0.5) is 0 Å². The van der Waals surface area contributed by atoms with Gasteiger partial charge >= 0.3 is 0 Å². The van der Waals surface area contributed by atoms with Crippen LogP contribution in [-0.2, 0) is 6.54 Å². The molecule has 0 spiro atoms. The number of aliphatic hydroxyl groups is 1. The molecular formula is C9H10ClN3OS2. The first kappa shape index (κ1) is 11.9. The third kappa shape index (κ3) is 3.23. The molecule has 4 nitrogen and oxygen atoms in total. The molecule has 0 saturated carbocycles. The Balaban J connectivity index is 1.78. The second-order valence-electron chi connectivity index (χ2n) is 3.18. The van der Waals surface area contributed by atoms with Gasteiger partial charge < -0.3 is 10.4 Å². The number of thiophene rings is 1. The topological polar surface area (TPSA) is 58.0 Å². The number of halogens is 1. The quantitative estimate of drug-likeness (QED) is 0.877. The number of aromatic nitrogens is 2. The van der Waals surface area contributed by atoms with E-state index in [0.29, 0.717) is 17.4 Å². The summed E-state index contributed by atoms with van der Waals surface area (Å²) in [4.78, 5) is 0.869. The molecule has 7 heteroatoms. The number of nitrogens with one attached hydrogen (secondary N) is 1. The molecule has 1 unspecified atom stereocenters. The van der Waals surface area contributed by atoms with Crippen LogP contribution in [0.5, 0.6) is 0 Å². The standard InChI is InChI=1S/C9H10ClN3OS2/c10-9-2-1-8(16-9)7(14)4-11-3-6-5-15-13-12-6/h1-2,5,7,11,14H,3-4H2. The van der Waals surface area contributed by atoms with Gasteiger partial charge in [-0.05, 0) is 23.7 Å². The zero-order valence-electron chi connectivity index (χ0n) is 8.26. The lowest BCUT2D eigenvalue weighted by molar-refractivity contribution is 0.178. The summed E-state index contributed by atoms with van der Waals surface area (Å²) in [5.74, 6) is 0. The highest BCUT2D eigenvalue weighted by molar-refractivity contribution is 7.16. The maximum absolute atomic E-state index is 9.82. The van der Waals surface area contributed by atoms with Gasteiger partial charge in [0.1, 0.15) is 6.10 Å². The molecule has 0 fully saturated rings. The Bertz CT molecular complexity index is 432. The van der Waals surface area contributed by atoms with Crippen LogP contribution in [0.1, 0.15) is 16.7 Å². The van der Waals surface area contributed by atoms with E-state index in [2.05, 4.69) is 14.9 Å². The summed E-state index contributed by atoms with van der Waals surface area (Å²) in [6.07, 6.45) is -0.524. The monoisotopic (exact) mass is 275 g/mol. The summed E-state index contributed by atoms with van der Waals surface area (Å²) < 4.78 is 4.45. The van der Waals surface area contributed by atoms with E-state index in [4.69, 9.17) is 11.6 Å². The molecule has 0 aliphatic carbocycles. The van der Waals surface area contributed by atoms with Crippen molar-refractivity contribution in [1.29, 1.82) is 0 Å². The molecule has 16 heavy (non-hydrogen) atoms. The lowest BCUT2D eigenvalue weighted by Gasteiger charge is -2.08. The number of aliphatic hydroxyl groups excluding tert-OH is 1. The number of hydrogen-bond acceptors (Lipinski definition) is 6. The smallest absolute Gasteiger partial charge is 0.101 e. The molecule has 1 atom stereocenters. The van der Waals surface area contributed by atoms with Crippen LogP contribution in [0.25, 0.3) is 0 Å². The summed E-state index contributed by atoms with van der Waals surface area (Å²) in [5, 5.41) is 18.7. The summed E-state index contributed by atoms with van der Waals surface area (Å²) in [6.45, 7) is 1.10. The predicted molar refractivity (Wildman–Crippen MR) is 65.9 cm³/mol. The van der Waals surface area contributed by atoms with Crippen molar-refractivity contribution in [2.75, 3.05) is 6.54 Å². The fourth-order valence-electron chi connectivity index (χ4n) is 1.21. The van der Waals surface area contributed by atoms with E-state index in [9.17, 15) is 5.11 Å². The molecule has 2 heterocycles. The molecule has 0 aliphatic heterocycles. The zero-order chi connectivity index (χ0) is 11.4. The first-order chi connectivity index (χ1) is 7.75. The molecule has 86 valence electrons. The van der Waals surface area contributed by atoms with Gasteiger partial charge in [0.05, 0.1) is 10.0 Å². The molecular weight excluding hydrogens is 266 g/mol. The molecule has 0 bridgehead atoms. The molecule has 2 aromatic heterocycles. The van der Waals surface area contributed by atoms with Gasteiger partial charge in [-0.3, -0.25) is 0 Å². The lowest BCUT2D eigenvalue weighted by atomic mass is 10.3. The second kappa shape index (κ2) is 5.70. The molecule has 2 N–H and O–H groups in total. The van der Waals surface area contributed by atoms with Crippen molar-refractivity contribution in [3.63, 3.8) is 0 Å². The van der Waals surface area contributed by atoms with Gasteiger partial charge in [0.2, 0.25) is 0 Å². The molecule has 0 aromatic carbocycles. The maximum Gasteiger partial charge on any atom is 0.101 e. The Morgan fingerprint density at radius 2 is 2.38 bits per heavy atom. The van der Waals surface area contributed by atoms with Crippen LogP contribution in [0.2, 0.25) is 4.34 Å². The van der Waals surface area contributed by atoms with Crippen LogP contribution in [0.3, 0.4) is 0 Å². The fourth-order valence-corrected chi connectivity index (χ4v) is 2.70. The van der Waals surface area contributed by atoms with Crippen molar-refractivity contribution in [3.05, 3.63) is 32.4 Å². The molecule has 0 amide bonds. The minimum atomic E-state index is -0.524. The minimum absolute atomic E-state index is 0.481. The Labute approximate surface area is 106 Å². The van der Waals surface area contributed by atoms with Crippen molar-refractivity contribution in [2.45, 2.75) is 12.6 Å². The molecule has 2 aromatic rings. The Morgan fingerprint density at radius 1 is 1.50 bits per heavy atom. The summed E-state index contributed by atoms with van der Waals surface area (Å²) >= 11 is 8.50. The zero-order valence-corrected chi connectivity index (χ0v) is 10.6. The highest BCUT2D eigenvalue weighted by atomic mass is 35.5. The summed E-state index contributed by atoms with van der Waals surface area (Å²) in [6, 6.07) is 3.62. The highest BCUT2D eigenvalue weighted by Gasteiger charge is 2.09. The predicted octanol–water partition coefficient (Wildman–Crippen LogP) is 2.08. The lowest BCUT2D eigenvalue weighted by Crippen LogP contribution is -2.20. The molecule has 0 aliphatic rings. The van der Waals surface area contributed by atoms with Crippen molar-refractivity contribution in [1.82, 2.24) is 14.9 Å². The second-order valence-corrected chi connectivity index (χ2v) is 5.54. The SMILES string of the molecule is OC(CNCc1csnn1)c1ccc(Cl)s1. The largest absolute Gasteiger partial charge is 0.386 e. The fraction of sp³-hybridized carbons (Fsp3) is 0.333. The third-order valence-electron chi connectivity index (χ3n) is 1.97. The third-order valence-corrected chi connectivity index (χ3v) is 3.86. The van der Waals surface area contributed by atoms with Crippen molar-refractivity contribution in [2.24, 2.45) is 0 Å². The van der Waals surface area contributed by atoms with Crippen molar-refractivity contribution < 1.29 is 5.11 Å². The number of nitrogens with zero attached hydrogens (tertiary/aromatic N) is 2. The van der Waals surface area contributed by atoms with E-state index < -0.39 is 6.10 Å². The average molecular weight is 276 g/mol. The Kier molecular flexibility index (Phi) is 4.25. The van der Waals surface area contributed by atoms with Crippen LogP contribution in [-0.4, -0.2) is 21.2 Å². The summed E-state index contributed by atoms with van der Waals surface area (Å²) in [5.41, 5.74) is 0.890. The van der Waals surface area contributed by atoms with Crippen molar-refractivity contribution in [3.8, 4) is 0 Å². The van der Waals surface area contributed by atoms with Gasteiger partial charge in [0, 0.05) is 23.3 Å². The van der Waals surface area contributed by atoms with E-state index in [1.807, 2.05) is 11.4 Å². The Morgan fingerprint density at radius 3 is 3.00 bits per heavy atom. The molecule has 0 saturated heterocycles. The average Bonchev–Trinajstić information content (AvgIpc) is 2.89. The van der Waals surface area contributed by atoms with E-state index in [1.165, 1.54) is 22.9 Å². The summed E-state index contributed by atoms with van der Waals surface area (Å²) in [7, 11) is 0. The Hall–Kier alpha value is -0.530.